The molecule has 1 aliphatic heterocycles. The van der Waals surface area contributed by atoms with E-state index < -0.39 is 23.2 Å². The lowest BCUT2D eigenvalue weighted by Crippen LogP contribution is -2.48. The van der Waals surface area contributed by atoms with Crippen LogP contribution >= 0.6 is 0 Å². The minimum absolute atomic E-state index is 0.0683. The molecule has 7 heteroatoms. The highest BCUT2D eigenvalue weighted by Gasteiger charge is 2.49. The van der Waals surface area contributed by atoms with Crippen LogP contribution in [0.25, 0.3) is 0 Å². The number of hydrogen-bond acceptors (Lipinski definition) is 6. The van der Waals surface area contributed by atoms with Gasteiger partial charge < -0.3 is 15.2 Å². The van der Waals surface area contributed by atoms with Gasteiger partial charge in [0.2, 0.25) is 0 Å². The van der Waals surface area contributed by atoms with Gasteiger partial charge in [-0.25, -0.2) is 9.59 Å². The smallest absolute Gasteiger partial charge is 0.415 e. The molecule has 0 saturated carbocycles. The number of amidine groups is 1. The summed E-state index contributed by atoms with van der Waals surface area (Å²) >= 11 is 0. The first-order chi connectivity index (χ1) is 12.2. The van der Waals surface area contributed by atoms with Crippen LogP contribution in [-0.4, -0.2) is 54.1 Å². The summed E-state index contributed by atoms with van der Waals surface area (Å²) < 4.78 is 10.5. The van der Waals surface area contributed by atoms with Crippen molar-refractivity contribution in [2.24, 2.45) is 10.7 Å². The topological polar surface area (TPSA) is 94.2 Å². The zero-order valence-electron chi connectivity index (χ0n) is 15.8. The van der Waals surface area contributed by atoms with Gasteiger partial charge >= 0.3 is 12.1 Å². The van der Waals surface area contributed by atoms with Crippen LogP contribution < -0.4 is 5.73 Å². The van der Waals surface area contributed by atoms with Gasteiger partial charge in [0.25, 0.3) is 0 Å². The van der Waals surface area contributed by atoms with Gasteiger partial charge in [-0.3, -0.25) is 9.89 Å². The first-order valence-corrected chi connectivity index (χ1v) is 8.62. The van der Waals surface area contributed by atoms with Crippen molar-refractivity contribution in [3.05, 3.63) is 35.9 Å². The molecule has 26 heavy (non-hydrogen) atoms. The summed E-state index contributed by atoms with van der Waals surface area (Å²) in [6.45, 7) is 5.74. The van der Waals surface area contributed by atoms with Crippen LogP contribution in [0, 0.1) is 0 Å². The molecule has 1 atom stereocenters. The number of carbonyl (C=O) groups is 2. The molecule has 1 amide bonds. The standard InChI is InChI=1S/C19H27N3O4/c1-18(2,3)26-17(24)22-13-19(16(23)25-4,21-15(22)10-11-20)12-14-8-6-5-7-9-14/h5-9H,10-13,20H2,1-4H3. The number of carbonyl (C=O) groups excluding carboxylic acids is 2. The van der Waals surface area contributed by atoms with Crippen molar-refractivity contribution < 1.29 is 19.1 Å². The second-order valence-corrected chi connectivity index (χ2v) is 7.32. The lowest BCUT2D eigenvalue weighted by atomic mass is 9.91. The average molecular weight is 361 g/mol. The Bertz CT molecular complexity index is 682. The number of ether oxygens (including phenoxy) is 2. The zero-order valence-corrected chi connectivity index (χ0v) is 15.8. The highest BCUT2D eigenvalue weighted by atomic mass is 16.6. The number of methoxy groups -OCH3 is 1. The van der Waals surface area contributed by atoms with E-state index in [9.17, 15) is 9.59 Å². The number of rotatable bonds is 5. The molecule has 0 aromatic heterocycles. The first kappa shape index (κ1) is 19.9. The average Bonchev–Trinajstić information content (AvgIpc) is 2.93. The molecule has 1 unspecified atom stereocenters. The third-order valence-corrected chi connectivity index (χ3v) is 3.96. The van der Waals surface area contributed by atoms with Crippen molar-refractivity contribution >= 4 is 17.9 Å². The van der Waals surface area contributed by atoms with Gasteiger partial charge in [-0.1, -0.05) is 30.3 Å². The summed E-state index contributed by atoms with van der Waals surface area (Å²) in [6, 6.07) is 9.52. The predicted octanol–water partition coefficient (Wildman–Crippen LogP) is 2.14. The van der Waals surface area contributed by atoms with Crippen molar-refractivity contribution in [3.63, 3.8) is 0 Å². The molecule has 142 valence electrons. The Morgan fingerprint density at radius 2 is 1.92 bits per heavy atom. The number of aliphatic imine (C=N–C) groups is 1. The molecule has 0 bridgehead atoms. The summed E-state index contributed by atoms with van der Waals surface area (Å²) in [5, 5.41) is 0. The molecule has 7 nitrogen and oxygen atoms in total. The molecule has 0 fully saturated rings. The molecule has 0 saturated heterocycles. The molecule has 1 aromatic rings. The third-order valence-electron chi connectivity index (χ3n) is 3.96. The van der Waals surface area contributed by atoms with Crippen LogP contribution in [0.3, 0.4) is 0 Å². The van der Waals surface area contributed by atoms with Gasteiger partial charge in [0.05, 0.1) is 13.7 Å². The van der Waals surface area contributed by atoms with E-state index in [4.69, 9.17) is 15.2 Å². The second kappa shape index (κ2) is 7.86. The SMILES string of the molecule is COC(=O)C1(Cc2ccccc2)CN(C(=O)OC(C)(C)C)C(CCN)=N1. The molecule has 2 rings (SSSR count). The van der Waals surface area contributed by atoms with E-state index in [1.54, 1.807) is 20.8 Å². The molecular formula is C19H27N3O4. The van der Waals surface area contributed by atoms with Gasteiger partial charge in [0, 0.05) is 12.8 Å². The maximum absolute atomic E-state index is 12.6. The van der Waals surface area contributed by atoms with E-state index in [1.807, 2.05) is 30.3 Å². The Balaban J connectivity index is 2.36. The zero-order chi connectivity index (χ0) is 19.4. The van der Waals surface area contributed by atoms with Crippen LogP contribution in [-0.2, 0) is 20.7 Å². The molecule has 1 aliphatic rings. The van der Waals surface area contributed by atoms with Gasteiger partial charge in [-0.2, -0.15) is 0 Å². The fourth-order valence-corrected chi connectivity index (χ4v) is 2.90. The fraction of sp³-hybridized carbons (Fsp3) is 0.526. The van der Waals surface area contributed by atoms with Gasteiger partial charge in [0.1, 0.15) is 11.4 Å². The fourth-order valence-electron chi connectivity index (χ4n) is 2.90. The lowest BCUT2D eigenvalue weighted by Gasteiger charge is -2.27. The highest BCUT2D eigenvalue weighted by molar-refractivity contribution is 6.01. The van der Waals surface area contributed by atoms with E-state index in [2.05, 4.69) is 4.99 Å². The quantitative estimate of drug-likeness (QED) is 0.811. The van der Waals surface area contributed by atoms with Crippen molar-refractivity contribution in [1.82, 2.24) is 4.90 Å². The lowest BCUT2D eigenvalue weighted by molar-refractivity contribution is -0.146. The van der Waals surface area contributed by atoms with E-state index in [-0.39, 0.29) is 6.54 Å². The minimum Gasteiger partial charge on any atom is -0.467 e. The van der Waals surface area contributed by atoms with Gasteiger partial charge in [-0.15, -0.1) is 0 Å². The third kappa shape index (κ3) is 4.60. The van der Waals surface area contributed by atoms with Gasteiger partial charge in [-0.05, 0) is 32.9 Å². The number of nitrogens with zero attached hydrogens (tertiary/aromatic N) is 2. The summed E-state index contributed by atoms with van der Waals surface area (Å²) in [6.07, 6.45) is 0.157. The number of amides is 1. The number of hydrogen-bond donors (Lipinski definition) is 1. The molecule has 0 aliphatic carbocycles. The van der Waals surface area contributed by atoms with E-state index in [0.29, 0.717) is 25.2 Å². The normalized spacial score (nSPS) is 19.9. The van der Waals surface area contributed by atoms with Crippen molar-refractivity contribution in [1.29, 1.82) is 0 Å². The second-order valence-electron chi connectivity index (χ2n) is 7.32. The van der Waals surface area contributed by atoms with Gasteiger partial charge in [0.15, 0.2) is 5.54 Å². The van der Waals surface area contributed by atoms with Crippen LogP contribution in [0.1, 0.15) is 32.8 Å². The molecule has 0 spiro atoms. The highest BCUT2D eigenvalue weighted by Crippen LogP contribution is 2.29. The summed E-state index contributed by atoms with van der Waals surface area (Å²) in [5.74, 6) is -0.0370. The number of esters is 1. The number of benzene rings is 1. The van der Waals surface area contributed by atoms with E-state index >= 15 is 0 Å². The van der Waals surface area contributed by atoms with E-state index in [1.165, 1.54) is 12.0 Å². The Hall–Kier alpha value is -2.41. The van der Waals surface area contributed by atoms with Crippen LogP contribution in [0.5, 0.6) is 0 Å². The Morgan fingerprint density at radius 3 is 2.46 bits per heavy atom. The van der Waals surface area contributed by atoms with E-state index in [0.717, 1.165) is 5.56 Å². The monoisotopic (exact) mass is 361 g/mol. The van der Waals surface area contributed by atoms with Crippen LogP contribution in [0.2, 0.25) is 0 Å². The van der Waals surface area contributed by atoms with Crippen molar-refractivity contribution in [2.75, 3.05) is 20.2 Å². The molecule has 2 N–H and O–H groups in total. The minimum atomic E-state index is -1.20. The Morgan fingerprint density at radius 1 is 1.27 bits per heavy atom. The first-order valence-electron chi connectivity index (χ1n) is 8.62. The maximum atomic E-state index is 12.6. The Labute approximate surface area is 154 Å². The van der Waals surface area contributed by atoms with Crippen molar-refractivity contribution in [2.45, 2.75) is 44.8 Å². The summed E-state index contributed by atoms with van der Waals surface area (Å²) in [7, 11) is 1.32. The predicted molar refractivity (Wildman–Crippen MR) is 98.9 cm³/mol. The maximum Gasteiger partial charge on any atom is 0.415 e. The van der Waals surface area contributed by atoms with Crippen LogP contribution in [0.4, 0.5) is 4.79 Å². The molecule has 1 heterocycles. The number of nitrogens with two attached hydrogens (primary N) is 1. The van der Waals surface area contributed by atoms with Crippen molar-refractivity contribution in [3.8, 4) is 0 Å². The summed E-state index contributed by atoms with van der Waals surface area (Å²) in [4.78, 5) is 31.2. The molecule has 0 radical (unpaired) electrons. The van der Waals surface area contributed by atoms with Crippen LogP contribution in [0.15, 0.2) is 35.3 Å². The molecule has 1 aromatic carbocycles. The summed E-state index contributed by atoms with van der Waals surface area (Å²) in [5.41, 5.74) is 4.75. The largest absolute Gasteiger partial charge is 0.467 e. The molecular weight excluding hydrogens is 334 g/mol. The Kier molecular flexibility index (Phi) is 6.02.